The van der Waals surface area contributed by atoms with Crippen molar-refractivity contribution in [2.45, 2.75) is 13.2 Å². The SMILES string of the molecule is Brc1cncc(COc2ccc(-c3ccc(OCc4cncc(Br)c4)cc3)cc2)c1. The number of rotatable bonds is 7. The van der Waals surface area contributed by atoms with Crippen LogP contribution in [-0.4, -0.2) is 9.97 Å². The molecule has 30 heavy (non-hydrogen) atoms. The van der Waals surface area contributed by atoms with Gasteiger partial charge in [0.1, 0.15) is 24.7 Å². The molecule has 4 rings (SSSR count). The van der Waals surface area contributed by atoms with Crippen molar-refractivity contribution in [2.24, 2.45) is 0 Å². The zero-order valence-electron chi connectivity index (χ0n) is 16.0. The highest BCUT2D eigenvalue weighted by molar-refractivity contribution is 9.10. The topological polar surface area (TPSA) is 44.2 Å². The molecule has 0 aliphatic rings. The summed E-state index contributed by atoms with van der Waals surface area (Å²) >= 11 is 6.84. The standard InChI is InChI=1S/C24H18Br2N2O2/c25-21-9-17(11-27-13-21)15-29-23-5-1-19(2-6-23)20-3-7-24(8-4-20)30-16-18-10-22(26)14-28-12-18/h1-14H,15-16H2. The lowest BCUT2D eigenvalue weighted by Crippen LogP contribution is -1.96. The second-order valence-electron chi connectivity index (χ2n) is 6.65. The fraction of sp³-hybridized carbons (Fsp3) is 0.0833. The minimum Gasteiger partial charge on any atom is -0.489 e. The van der Waals surface area contributed by atoms with Crippen molar-refractivity contribution in [2.75, 3.05) is 0 Å². The Morgan fingerprint density at radius 2 is 0.967 bits per heavy atom. The van der Waals surface area contributed by atoms with E-state index in [-0.39, 0.29) is 0 Å². The molecule has 0 saturated carbocycles. The zero-order valence-corrected chi connectivity index (χ0v) is 19.1. The number of benzene rings is 2. The van der Waals surface area contributed by atoms with Crippen LogP contribution in [0.1, 0.15) is 11.1 Å². The molecule has 0 radical (unpaired) electrons. The molecule has 0 spiro atoms. The van der Waals surface area contributed by atoms with Gasteiger partial charge in [0.2, 0.25) is 0 Å². The fourth-order valence-corrected chi connectivity index (χ4v) is 3.71. The highest BCUT2D eigenvalue weighted by Crippen LogP contribution is 2.25. The summed E-state index contributed by atoms with van der Waals surface area (Å²) in [4.78, 5) is 8.30. The van der Waals surface area contributed by atoms with Gasteiger partial charge in [-0.05, 0) is 79.4 Å². The van der Waals surface area contributed by atoms with Crippen molar-refractivity contribution in [1.82, 2.24) is 9.97 Å². The van der Waals surface area contributed by atoms with Crippen LogP contribution < -0.4 is 9.47 Å². The number of halogens is 2. The Balaban J connectivity index is 1.34. The molecule has 0 amide bonds. The monoisotopic (exact) mass is 524 g/mol. The molecular formula is C24H18Br2N2O2. The van der Waals surface area contributed by atoms with Crippen LogP contribution in [0.2, 0.25) is 0 Å². The van der Waals surface area contributed by atoms with Crippen LogP contribution in [0.4, 0.5) is 0 Å². The third-order valence-electron chi connectivity index (χ3n) is 4.38. The highest BCUT2D eigenvalue weighted by Gasteiger charge is 2.03. The Morgan fingerprint density at radius 3 is 1.33 bits per heavy atom. The first-order chi connectivity index (χ1) is 14.7. The van der Waals surface area contributed by atoms with Gasteiger partial charge in [-0.25, -0.2) is 0 Å². The van der Waals surface area contributed by atoms with Crippen LogP contribution in [0.5, 0.6) is 11.5 Å². The van der Waals surface area contributed by atoms with Gasteiger partial charge in [0, 0.05) is 44.9 Å². The second-order valence-corrected chi connectivity index (χ2v) is 8.48. The Hall–Kier alpha value is -2.70. The lowest BCUT2D eigenvalue weighted by Gasteiger charge is -2.09. The predicted molar refractivity (Wildman–Crippen MR) is 124 cm³/mol. The molecule has 0 unspecified atom stereocenters. The Labute approximate surface area is 192 Å². The van der Waals surface area contributed by atoms with Crippen LogP contribution >= 0.6 is 31.9 Å². The van der Waals surface area contributed by atoms with Gasteiger partial charge in [0.05, 0.1) is 0 Å². The van der Waals surface area contributed by atoms with E-state index in [1.807, 2.05) is 36.4 Å². The zero-order chi connectivity index (χ0) is 20.8. The normalized spacial score (nSPS) is 10.6. The van der Waals surface area contributed by atoms with Crippen LogP contribution in [0.15, 0.2) is 94.4 Å². The number of pyridine rings is 2. The smallest absolute Gasteiger partial charge is 0.119 e. The third kappa shape index (κ3) is 5.68. The molecule has 2 aromatic heterocycles. The molecule has 4 nitrogen and oxygen atoms in total. The molecule has 6 heteroatoms. The minimum absolute atomic E-state index is 0.478. The largest absolute Gasteiger partial charge is 0.489 e. The summed E-state index contributed by atoms with van der Waals surface area (Å²) in [5.74, 6) is 1.64. The van der Waals surface area contributed by atoms with Crippen LogP contribution in [-0.2, 0) is 13.2 Å². The molecule has 4 aromatic rings. The van der Waals surface area contributed by atoms with Crippen LogP contribution in [0, 0.1) is 0 Å². The van der Waals surface area contributed by atoms with Crippen molar-refractivity contribution in [1.29, 1.82) is 0 Å². The fourth-order valence-electron chi connectivity index (χ4n) is 2.89. The summed E-state index contributed by atoms with van der Waals surface area (Å²) in [5.41, 5.74) is 4.27. The molecule has 0 bridgehead atoms. The summed E-state index contributed by atoms with van der Waals surface area (Å²) in [5, 5.41) is 0. The van der Waals surface area contributed by atoms with Crippen molar-refractivity contribution in [3.8, 4) is 22.6 Å². The van der Waals surface area contributed by atoms with E-state index in [2.05, 4.69) is 66.1 Å². The Kier molecular flexibility index (Phi) is 6.77. The summed E-state index contributed by atoms with van der Waals surface area (Å²) in [6, 6.07) is 20.1. The minimum atomic E-state index is 0.478. The maximum absolute atomic E-state index is 5.85. The summed E-state index contributed by atoms with van der Waals surface area (Å²) < 4.78 is 13.6. The van der Waals surface area contributed by atoms with E-state index >= 15 is 0 Å². The van der Waals surface area contributed by atoms with Gasteiger partial charge in [-0.3, -0.25) is 9.97 Å². The van der Waals surface area contributed by atoms with E-state index in [0.717, 1.165) is 42.7 Å². The third-order valence-corrected chi connectivity index (χ3v) is 5.24. The van der Waals surface area contributed by atoms with Gasteiger partial charge in [-0.15, -0.1) is 0 Å². The van der Waals surface area contributed by atoms with Gasteiger partial charge < -0.3 is 9.47 Å². The summed E-state index contributed by atoms with van der Waals surface area (Å²) in [6.45, 7) is 0.955. The van der Waals surface area contributed by atoms with E-state index in [1.165, 1.54) is 0 Å². The van der Waals surface area contributed by atoms with Crippen molar-refractivity contribution in [3.05, 3.63) is 106 Å². The number of hydrogen-bond donors (Lipinski definition) is 0. The van der Waals surface area contributed by atoms with Crippen LogP contribution in [0.3, 0.4) is 0 Å². The predicted octanol–water partition coefficient (Wildman–Crippen LogP) is 6.83. The molecule has 0 atom stereocenters. The highest BCUT2D eigenvalue weighted by atomic mass is 79.9. The average molecular weight is 526 g/mol. The van der Waals surface area contributed by atoms with Gasteiger partial charge in [-0.1, -0.05) is 24.3 Å². The first-order valence-electron chi connectivity index (χ1n) is 9.31. The lowest BCUT2D eigenvalue weighted by atomic mass is 10.1. The molecule has 0 aliphatic heterocycles. The number of aromatic nitrogens is 2. The van der Waals surface area contributed by atoms with E-state index in [0.29, 0.717) is 13.2 Å². The molecule has 0 saturated heterocycles. The second kappa shape index (κ2) is 9.87. The molecule has 0 aliphatic carbocycles. The van der Waals surface area contributed by atoms with Crippen LogP contribution in [0.25, 0.3) is 11.1 Å². The lowest BCUT2D eigenvalue weighted by molar-refractivity contribution is 0.305. The van der Waals surface area contributed by atoms with Gasteiger partial charge in [0.25, 0.3) is 0 Å². The van der Waals surface area contributed by atoms with Gasteiger partial charge in [-0.2, -0.15) is 0 Å². The molecule has 0 fully saturated rings. The van der Waals surface area contributed by atoms with Crippen molar-refractivity contribution >= 4 is 31.9 Å². The maximum atomic E-state index is 5.85. The molecule has 0 N–H and O–H groups in total. The first kappa shape index (κ1) is 20.6. The molecule has 2 heterocycles. The maximum Gasteiger partial charge on any atom is 0.119 e. The molecule has 2 aromatic carbocycles. The van der Waals surface area contributed by atoms with Gasteiger partial charge >= 0.3 is 0 Å². The number of ether oxygens (including phenoxy) is 2. The van der Waals surface area contributed by atoms with E-state index in [9.17, 15) is 0 Å². The Bertz CT molecular complexity index is 1030. The quantitative estimate of drug-likeness (QED) is 0.265. The summed E-state index contributed by atoms with van der Waals surface area (Å²) in [7, 11) is 0. The van der Waals surface area contributed by atoms with Gasteiger partial charge in [0.15, 0.2) is 0 Å². The number of hydrogen-bond acceptors (Lipinski definition) is 4. The van der Waals surface area contributed by atoms with Crippen molar-refractivity contribution in [3.63, 3.8) is 0 Å². The Morgan fingerprint density at radius 1 is 0.567 bits per heavy atom. The van der Waals surface area contributed by atoms with E-state index < -0.39 is 0 Å². The number of nitrogens with zero attached hydrogens (tertiary/aromatic N) is 2. The average Bonchev–Trinajstić information content (AvgIpc) is 2.77. The first-order valence-corrected chi connectivity index (χ1v) is 10.9. The van der Waals surface area contributed by atoms with E-state index in [1.54, 1.807) is 24.8 Å². The van der Waals surface area contributed by atoms with E-state index in [4.69, 9.17) is 9.47 Å². The van der Waals surface area contributed by atoms with Crippen molar-refractivity contribution < 1.29 is 9.47 Å². The molecular weight excluding hydrogens is 508 g/mol. The summed E-state index contributed by atoms with van der Waals surface area (Å²) in [6.07, 6.45) is 7.12. The molecule has 150 valence electrons.